The van der Waals surface area contributed by atoms with Gasteiger partial charge in [0.25, 0.3) is 0 Å². The zero-order valence-electron chi connectivity index (χ0n) is 11.5. The first-order chi connectivity index (χ1) is 8.83. The fourth-order valence-electron chi connectivity index (χ4n) is 1.96. The topological polar surface area (TPSA) is 9.23 Å². The van der Waals surface area contributed by atoms with E-state index in [1.807, 2.05) is 24.3 Å². The van der Waals surface area contributed by atoms with E-state index in [1.165, 1.54) is 44.9 Å². The fourth-order valence-corrected chi connectivity index (χ4v) is 2.08. The highest BCUT2D eigenvalue weighted by Gasteiger charge is 1.95. The van der Waals surface area contributed by atoms with E-state index in [0.29, 0.717) is 0 Å². The normalized spacial score (nSPS) is 10.6. The molecule has 1 nitrogen and oxygen atoms in total. The van der Waals surface area contributed by atoms with Crippen molar-refractivity contribution in [3.8, 4) is 5.75 Å². The monoisotopic (exact) mass is 268 g/mol. The second-order valence-electron chi connectivity index (χ2n) is 4.78. The van der Waals surface area contributed by atoms with Crippen molar-refractivity contribution in [3.05, 3.63) is 29.3 Å². The van der Waals surface area contributed by atoms with Gasteiger partial charge >= 0.3 is 0 Å². The van der Waals surface area contributed by atoms with Crippen LogP contribution in [0.25, 0.3) is 0 Å². The molecule has 1 rings (SSSR count). The van der Waals surface area contributed by atoms with E-state index in [1.54, 1.807) is 0 Å². The van der Waals surface area contributed by atoms with Crippen LogP contribution in [0.5, 0.6) is 5.75 Å². The summed E-state index contributed by atoms with van der Waals surface area (Å²) in [6, 6.07) is 7.58. The van der Waals surface area contributed by atoms with Crippen LogP contribution < -0.4 is 4.74 Å². The molecule has 1 aromatic carbocycles. The van der Waals surface area contributed by atoms with Gasteiger partial charge in [-0.05, 0) is 30.7 Å². The lowest BCUT2D eigenvalue weighted by atomic mass is 10.1. The maximum Gasteiger partial charge on any atom is 0.119 e. The zero-order chi connectivity index (χ0) is 13.1. The van der Waals surface area contributed by atoms with Crippen molar-refractivity contribution >= 4 is 11.6 Å². The van der Waals surface area contributed by atoms with E-state index >= 15 is 0 Å². The van der Waals surface area contributed by atoms with Gasteiger partial charge in [-0.3, -0.25) is 0 Å². The lowest BCUT2D eigenvalue weighted by molar-refractivity contribution is 0.304. The Morgan fingerprint density at radius 1 is 0.833 bits per heavy atom. The highest BCUT2D eigenvalue weighted by Crippen LogP contribution is 2.16. The summed E-state index contributed by atoms with van der Waals surface area (Å²) in [6.45, 7) is 3.07. The number of benzene rings is 1. The molecular weight excluding hydrogens is 244 g/mol. The molecule has 0 spiro atoms. The Morgan fingerprint density at radius 2 is 1.39 bits per heavy atom. The molecule has 0 radical (unpaired) electrons. The van der Waals surface area contributed by atoms with Gasteiger partial charge in [-0.15, -0.1) is 0 Å². The summed E-state index contributed by atoms with van der Waals surface area (Å²) < 4.78 is 5.65. The standard InChI is InChI=1S/C16H25ClO/c1-2-3-4-5-6-7-8-9-14-18-16-12-10-15(17)11-13-16/h10-13H,2-9,14H2,1H3. The van der Waals surface area contributed by atoms with Crippen LogP contribution in [0, 0.1) is 0 Å². The Hall–Kier alpha value is -0.690. The van der Waals surface area contributed by atoms with Crippen LogP contribution in [0.4, 0.5) is 0 Å². The van der Waals surface area contributed by atoms with Gasteiger partial charge < -0.3 is 4.74 Å². The molecular formula is C16H25ClO. The molecule has 2 heteroatoms. The molecule has 0 bridgehead atoms. The van der Waals surface area contributed by atoms with Crippen molar-refractivity contribution in [2.24, 2.45) is 0 Å². The van der Waals surface area contributed by atoms with Crippen LogP contribution in [0.3, 0.4) is 0 Å². The second-order valence-corrected chi connectivity index (χ2v) is 5.21. The van der Waals surface area contributed by atoms with Gasteiger partial charge in [0.15, 0.2) is 0 Å². The minimum atomic E-state index is 0.759. The third kappa shape index (κ3) is 7.60. The molecule has 0 aliphatic heterocycles. The molecule has 0 atom stereocenters. The Morgan fingerprint density at radius 3 is 2.00 bits per heavy atom. The third-order valence-corrected chi connectivity index (χ3v) is 3.33. The number of ether oxygens (including phenoxy) is 1. The summed E-state index contributed by atoms with van der Waals surface area (Å²) in [5, 5.41) is 0.759. The van der Waals surface area contributed by atoms with Crippen LogP contribution >= 0.6 is 11.6 Å². The number of rotatable bonds is 10. The molecule has 0 fully saturated rings. The number of halogens is 1. The van der Waals surface area contributed by atoms with Crippen molar-refractivity contribution in [3.63, 3.8) is 0 Å². The summed E-state index contributed by atoms with van der Waals surface area (Å²) in [7, 11) is 0. The minimum Gasteiger partial charge on any atom is -0.494 e. The molecule has 0 aromatic heterocycles. The van der Waals surface area contributed by atoms with Gasteiger partial charge in [-0.25, -0.2) is 0 Å². The van der Waals surface area contributed by atoms with Crippen LogP contribution in [-0.4, -0.2) is 6.61 Å². The zero-order valence-corrected chi connectivity index (χ0v) is 12.2. The average molecular weight is 269 g/mol. The summed E-state index contributed by atoms with van der Waals surface area (Å²) in [5.74, 6) is 0.919. The predicted octanol–water partition coefficient (Wildman–Crippen LogP) is 5.86. The Bertz CT molecular complexity index is 294. The van der Waals surface area contributed by atoms with Crippen molar-refractivity contribution < 1.29 is 4.74 Å². The first kappa shape index (κ1) is 15.4. The van der Waals surface area contributed by atoms with E-state index in [9.17, 15) is 0 Å². The molecule has 102 valence electrons. The second kappa shape index (κ2) is 10.3. The van der Waals surface area contributed by atoms with E-state index < -0.39 is 0 Å². The molecule has 0 amide bonds. The molecule has 0 aliphatic carbocycles. The van der Waals surface area contributed by atoms with Crippen molar-refractivity contribution in [1.82, 2.24) is 0 Å². The van der Waals surface area contributed by atoms with Crippen molar-refractivity contribution in [1.29, 1.82) is 0 Å². The SMILES string of the molecule is CCCCCCCCCCOc1ccc(Cl)cc1. The van der Waals surface area contributed by atoms with Crippen LogP contribution in [0.2, 0.25) is 5.02 Å². The lowest BCUT2D eigenvalue weighted by Crippen LogP contribution is -1.96. The third-order valence-electron chi connectivity index (χ3n) is 3.08. The lowest BCUT2D eigenvalue weighted by Gasteiger charge is -2.06. The van der Waals surface area contributed by atoms with Gasteiger partial charge in [0, 0.05) is 5.02 Å². The van der Waals surface area contributed by atoms with Crippen molar-refractivity contribution in [2.75, 3.05) is 6.61 Å². The Kier molecular flexibility index (Phi) is 8.75. The first-order valence-corrected chi connectivity index (χ1v) is 7.59. The molecule has 0 unspecified atom stereocenters. The molecule has 18 heavy (non-hydrogen) atoms. The van der Waals surface area contributed by atoms with Gasteiger partial charge in [0.1, 0.15) is 5.75 Å². The molecule has 0 saturated heterocycles. The van der Waals surface area contributed by atoms with E-state index in [4.69, 9.17) is 16.3 Å². The molecule has 0 aliphatic rings. The molecule has 0 N–H and O–H groups in total. The van der Waals surface area contributed by atoms with Gasteiger partial charge in [0.05, 0.1) is 6.61 Å². The van der Waals surface area contributed by atoms with Crippen molar-refractivity contribution in [2.45, 2.75) is 58.3 Å². The summed E-state index contributed by atoms with van der Waals surface area (Å²) >= 11 is 5.81. The number of hydrogen-bond acceptors (Lipinski definition) is 1. The van der Waals surface area contributed by atoms with E-state index in [0.717, 1.165) is 23.8 Å². The Balaban J connectivity index is 1.91. The van der Waals surface area contributed by atoms with E-state index in [-0.39, 0.29) is 0 Å². The first-order valence-electron chi connectivity index (χ1n) is 7.21. The van der Waals surface area contributed by atoms with Crippen LogP contribution in [0.1, 0.15) is 58.3 Å². The van der Waals surface area contributed by atoms with Gasteiger partial charge in [-0.2, -0.15) is 0 Å². The minimum absolute atomic E-state index is 0.759. The maximum atomic E-state index is 5.81. The molecule has 0 saturated carbocycles. The Labute approximate surface area is 116 Å². The predicted molar refractivity (Wildman–Crippen MR) is 79.6 cm³/mol. The number of unbranched alkanes of at least 4 members (excludes halogenated alkanes) is 7. The summed E-state index contributed by atoms with van der Waals surface area (Å²) in [5.41, 5.74) is 0. The fraction of sp³-hybridized carbons (Fsp3) is 0.625. The van der Waals surface area contributed by atoms with Crippen LogP contribution in [-0.2, 0) is 0 Å². The van der Waals surface area contributed by atoms with Crippen LogP contribution in [0.15, 0.2) is 24.3 Å². The van der Waals surface area contributed by atoms with E-state index in [2.05, 4.69) is 6.92 Å². The maximum absolute atomic E-state index is 5.81. The molecule has 1 aromatic rings. The molecule has 0 heterocycles. The smallest absolute Gasteiger partial charge is 0.119 e. The van der Waals surface area contributed by atoms with Gasteiger partial charge in [0.2, 0.25) is 0 Å². The summed E-state index contributed by atoms with van der Waals surface area (Å²) in [4.78, 5) is 0. The summed E-state index contributed by atoms with van der Waals surface area (Å²) in [6.07, 6.45) is 10.7. The van der Waals surface area contributed by atoms with Gasteiger partial charge in [-0.1, -0.05) is 63.5 Å². The highest BCUT2D eigenvalue weighted by molar-refractivity contribution is 6.30. The quantitative estimate of drug-likeness (QED) is 0.483. The largest absolute Gasteiger partial charge is 0.494 e. The number of hydrogen-bond donors (Lipinski definition) is 0. The highest BCUT2D eigenvalue weighted by atomic mass is 35.5. The average Bonchev–Trinajstić information content (AvgIpc) is 2.39.